The highest BCUT2D eigenvalue weighted by Crippen LogP contribution is 2.04. The maximum atomic E-state index is 11.0. The van der Waals surface area contributed by atoms with Crippen molar-refractivity contribution in [1.29, 1.82) is 0 Å². The fourth-order valence-corrected chi connectivity index (χ4v) is 1.34. The van der Waals surface area contributed by atoms with Crippen LogP contribution in [0, 0.1) is 0 Å². The van der Waals surface area contributed by atoms with Gasteiger partial charge in [0.05, 0.1) is 13.2 Å². The van der Waals surface area contributed by atoms with Gasteiger partial charge >= 0.3 is 5.97 Å². The number of carbonyl (C=O) groups excluding carboxylic acids is 1. The molecule has 18 heavy (non-hydrogen) atoms. The Bertz CT molecular complexity index is 290. The minimum Gasteiger partial charge on any atom is -0.469 e. The Labute approximate surface area is 110 Å². The summed E-state index contributed by atoms with van der Waals surface area (Å²) in [7, 11) is 3.03. The Morgan fingerprint density at radius 2 is 1.94 bits per heavy atom. The van der Waals surface area contributed by atoms with E-state index in [-0.39, 0.29) is 12.1 Å². The van der Waals surface area contributed by atoms with E-state index in [2.05, 4.69) is 29.9 Å². The summed E-state index contributed by atoms with van der Waals surface area (Å²) in [6.45, 7) is 2.12. The van der Waals surface area contributed by atoms with Crippen molar-refractivity contribution in [2.24, 2.45) is 0 Å². The van der Waals surface area contributed by atoms with Crippen LogP contribution in [0.25, 0.3) is 0 Å². The molecule has 0 aromatic carbocycles. The summed E-state index contributed by atoms with van der Waals surface area (Å²) in [5.74, 6) is -0.203. The quantitative estimate of drug-likeness (QED) is 0.358. The highest BCUT2D eigenvalue weighted by atomic mass is 16.5. The minimum absolute atomic E-state index is 0.0417. The highest BCUT2D eigenvalue weighted by molar-refractivity contribution is 5.69. The molecule has 0 aliphatic heterocycles. The van der Waals surface area contributed by atoms with Crippen molar-refractivity contribution in [3.05, 3.63) is 36.5 Å². The van der Waals surface area contributed by atoms with Crippen LogP contribution in [-0.4, -0.2) is 26.3 Å². The summed E-state index contributed by atoms with van der Waals surface area (Å²) in [5.41, 5.74) is 0. The van der Waals surface area contributed by atoms with Crippen LogP contribution in [0.3, 0.4) is 0 Å². The number of methoxy groups -OCH3 is 2. The lowest BCUT2D eigenvalue weighted by Gasteiger charge is -2.08. The van der Waals surface area contributed by atoms with Crippen LogP contribution >= 0.6 is 0 Å². The van der Waals surface area contributed by atoms with E-state index in [9.17, 15) is 4.79 Å². The zero-order chi connectivity index (χ0) is 13.6. The molecule has 0 heterocycles. The Morgan fingerprint density at radius 3 is 2.56 bits per heavy atom. The lowest BCUT2D eigenvalue weighted by atomic mass is 10.2. The first-order chi connectivity index (χ1) is 8.74. The van der Waals surface area contributed by atoms with Gasteiger partial charge in [-0.25, -0.2) is 0 Å². The minimum atomic E-state index is -0.203. The number of rotatable bonds is 9. The number of allylic oxidation sites excluding steroid dienone is 5. The number of hydrogen-bond donors (Lipinski definition) is 0. The Morgan fingerprint density at radius 1 is 1.17 bits per heavy atom. The van der Waals surface area contributed by atoms with E-state index in [1.807, 2.05) is 18.2 Å². The average Bonchev–Trinajstić information content (AvgIpc) is 2.40. The molecule has 0 spiro atoms. The molecule has 0 N–H and O–H groups in total. The fourth-order valence-electron chi connectivity index (χ4n) is 1.34. The molecule has 0 saturated heterocycles. The SMILES string of the molecule is CCC=CCC=CC=CC(CCC(=O)OC)OC. The number of hydrogen-bond acceptors (Lipinski definition) is 3. The van der Waals surface area contributed by atoms with Gasteiger partial charge < -0.3 is 9.47 Å². The molecular weight excluding hydrogens is 228 g/mol. The molecule has 0 bridgehead atoms. The molecule has 0 amide bonds. The van der Waals surface area contributed by atoms with Gasteiger partial charge in [0.2, 0.25) is 0 Å². The summed E-state index contributed by atoms with van der Waals surface area (Å²) < 4.78 is 9.83. The van der Waals surface area contributed by atoms with Gasteiger partial charge in [0.15, 0.2) is 0 Å². The average molecular weight is 252 g/mol. The predicted octanol–water partition coefficient (Wildman–Crippen LogP) is 3.42. The molecule has 0 rings (SSSR count). The van der Waals surface area contributed by atoms with Crippen molar-refractivity contribution in [1.82, 2.24) is 0 Å². The monoisotopic (exact) mass is 252 g/mol. The van der Waals surface area contributed by atoms with Crippen molar-refractivity contribution in [3.63, 3.8) is 0 Å². The van der Waals surface area contributed by atoms with E-state index < -0.39 is 0 Å². The molecule has 0 radical (unpaired) electrons. The molecule has 0 aromatic heterocycles. The second-order valence-electron chi connectivity index (χ2n) is 3.82. The Hall–Kier alpha value is -1.35. The molecule has 3 heteroatoms. The van der Waals surface area contributed by atoms with E-state index in [1.54, 1.807) is 7.11 Å². The van der Waals surface area contributed by atoms with Crippen molar-refractivity contribution in [2.45, 2.75) is 38.7 Å². The molecule has 0 saturated carbocycles. The smallest absolute Gasteiger partial charge is 0.305 e. The van der Waals surface area contributed by atoms with Crippen molar-refractivity contribution >= 4 is 5.97 Å². The molecule has 0 aromatic rings. The zero-order valence-corrected chi connectivity index (χ0v) is 11.6. The van der Waals surface area contributed by atoms with Gasteiger partial charge in [-0.1, -0.05) is 43.4 Å². The van der Waals surface area contributed by atoms with Gasteiger partial charge in [-0.05, 0) is 19.3 Å². The summed E-state index contributed by atoms with van der Waals surface area (Å²) in [6.07, 6.45) is 15.2. The number of ether oxygens (including phenoxy) is 2. The Kier molecular flexibility index (Phi) is 11.2. The summed E-state index contributed by atoms with van der Waals surface area (Å²) in [5, 5.41) is 0. The molecular formula is C15H24O3. The normalized spacial score (nSPS) is 13.7. The largest absolute Gasteiger partial charge is 0.469 e. The van der Waals surface area contributed by atoms with Crippen LogP contribution in [-0.2, 0) is 14.3 Å². The van der Waals surface area contributed by atoms with E-state index in [0.717, 1.165) is 12.8 Å². The topological polar surface area (TPSA) is 35.5 Å². The van der Waals surface area contributed by atoms with Crippen molar-refractivity contribution in [3.8, 4) is 0 Å². The lowest BCUT2D eigenvalue weighted by Crippen LogP contribution is -2.10. The molecule has 102 valence electrons. The summed E-state index contributed by atoms with van der Waals surface area (Å²) >= 11 is 0. The first kappa shape index (κ1) is 16.6. The molecule has 0 aliphatic carbocycles. The van der Waals surface area contributed by atoms with E-state index >= 15 is 0 Å². The van der Waals surface area contributed by atoms with Crippen LogP contribution in [0.15, 0.2) is 36.5 Å². The van der Waals surface area contributed by atoms with Crippen LogP contribution in [0.4, 0.5) is 0 Å². The summed E-state index contributed by atoms with van der Waals surface area (Å²) in [4.78, 5) is 11.0. The third kappa shape index (κ3) is 9.85. The highest BCUT2D eigenvalue weighted by Gasteiger charge is 2.06. The van der Waals surface area contributed by atoms with Crippen molar-refractivity contribution in [2.75, 3.05) is 14.2 Å². The van der Waals surface area contributed by atoms with Gasteiger partial charge in [0, 0.05) is 13.5 Å². The van der Waals surface area contributed by atoms with Gasteiger partial charge in [-0.2, -0.15) is 0 Å². The molecule has 0 aliphatic rings. The second kappa shape index (κ2) is 12.1. The molecule has 1 unspecified atom stereocenters. The van der Waals surface area contributed by atoms with Gasteiger partial charge in [-0.15, -0.1) is 0 Å². The van der Waals surface area contributed by atoms with E-state index in [1.165, 1.54) is 7.11 Å². The number of esters is 1. The first-order valence-electron chi connectivity index (χ1n) is 6.32. The summed E-state index contributed by atoms with van der Waals surface area (Å²) in [6, 6.07) is 0. The van der Waals surface area contributed by atoms with E-state index in [4.69, 9.17) is 4.74 Å². The molecule has 0 fully saturated rings. The first-order valence-corrected chi connectivity index (χ1v) is 6.32. The molecule has 3 nitrogen and oxygen atoms in total. The second-order valence-corrected chi connectivity index (χ2v) is 3.82. The van der Waals surface area contributed by atoms with Crippen LogP contribution in [0.1, 0.15) is 32.6 Å². The number of carbonyl (C=O) groups is 1. The van der Waals surface area contributed by atoms with Crippen LogP contribution < -0.4 is 0 Å². The van der Waals surface area contributed by atoms with Crippen LogP contribution in [0.2, 0.25) is 0 Å². The molecule has 1 atom stereocenters. The Balaban J connectivity index is 3.89. The lowest BCUT2D eigenvalue weighted by molar-refractivity contribution is -0.141. The van der Waals surface area contributed by atoms with Crippen LogP contribution in [0.5, 0.6) is 0 Å². The van der Waals surface area contributed by atoms with Gasteiger partial charge in [0.1, 0.15) is 0 Å². The third-order valence-corrected chi connectivity index (χ3v) is 2.41. The third-order valence-electron chi connectivity index (χ3n) is 2.41. The maximum Gasteiger partial charge on any atom is 0.305 e. The standard InChI is InChI=1S/C15H24O3/c1-4-5-6-7-8-9-10-11-14(17-2)12-13-15(16)18-3/h5-6,8-11,14H,4,7,12-13H2,1-3H3. The predicted molar refractivity (Wildman–Crippen MR) is 74.4 cm³/mol. The van der Waals surface area contributed by atoms with E-state index in [0.29, 0.717) is 12.8 Å². The van der Waals surface area contributed by atoms with Gasteiger partial charge in [0.25, 0.3) is 0 Å². The fraction of sp³-hybridized carbons (Fsp3) is 0.533. The maximum absolute atomic E-state index is 11.0. The zero-order valence-electron chi connectivity index (χ0n) is 11.6. The van der Waals surface area contributed by atoms with Gasteiger partial charge in [-0.3, -0.25) is 4.79 Å². The van der Waals surface area contributed by atoms with Crippen molar-refractivity contribution < 1.29 is 14.3 Å².